The zero-order valence-corrected chi connectivity index (χ0v) is 8.67. The average Bonchev–Trinajstić information content (AvgIpc) is 2.30. The number of anilines is 1. The molecule has 2 nitrogen and oxygen atoms in total. The zero-order chi connectivity index (χ0) is 9.14. The van der Waals surface area contributed by atoms with Gasteiger partial charge >= 0.3 is 0 Å². The zero-order valence-electron chi connectivity index (χ0n) is 6.34. The lowest BCUT2D eigenvalue weighted by molar-refractivity contribution is 1.07. The van der Waals surface area contributed by atoms with Crippen LogP contribution in [0.4, 0.5) is 5.00 Å². The number of hydrogen-bond donors (Lipinski definition) is 0. The Morgan fingerprint density at radius 2 is 2.33 bits per heavy atom. The van der Waals surface area contributed by atoms with Crippen molar-refractivity contribution in [3.63, 3.8) is 0 Å². The third kappa shape index (κ3) is 2.04. The maximum absolute atomic E-state index is 5.78. The molecule has 0 radical (unpaired) electrons. The van der Waals surface area contributed by atoms with Gasteiger partial charge < -0.3 is 4.90 Å². The molecule has 5 heteroatoms. The van der Waals surface area contributed by atoms with Crippen molar-refractivity contribution in [1.29, 1.82) is 0 Å². The highest BCUT2D eigenvalue weighted by Crippen LogP contribution is 2.33. The van der Waals surface area contributed by atoms with Crippen LogP contribution in [0.25, 0.3) is 0 Å². The van der Waals surface area contributed by atoms with Crippen molar-refractivity contribution in [3.05, 3.63) is 9.62 Å². The Hall–Kier alpha value is -0.430. The van der Waals surface area contributed by atoms with Crippen molar-refractivity contribution in [2.45, 2.75) is 0 Å². The monoisotopic (exact) mass is 220 g/mol. The van der Waals surface area contributed by atoms with Gasteiger partial charge in [0.2, 0.25) is 0 Å². The number of aromatic nitrogens is 1. The molecule has 1 aromatic rings. The smallest absolute Gasteiger partial charge is 0.187 e. The minimum absolute atomic E-state index is 0.405. The fourth-order valence-electron chi connectivity index (χ4n) is 0.714. The second kappa shape index (κ2) is 3.99. The molecule has 0 aliphatic carbocycles. The summed E-state index contributed by atoms with van der Waals surface area (Å²) in [4.78, 5) is 5.68. The molecule has 0 fully saturated rings. The van der Waals surface area contributed by atoms with Crippen LogP contribution in [0.1, 0.15) is 0 Å². The summed E-state index contributed by atoms with van der Waals surface area (Å²) in [6.45, 7) is 0.498. The lowest BCUT2D eigenvalue weighted by Gasteiger charge is -2.12. The molecule has 0 unspecified atom stereocenters. The van der Waals surface area contributed by atoms with E-state index in [0.29, 0.717) is 16.2 Å². The van der Waals surface area contributed by atoms with Gasteiger partial charge in [0.05, 0.1) is 6.54 Å². The average molecular weight is 221 g/mol. The van der Waals surface area contributed by atoms with E-state index in [0.717, 1.165) is 5.00 Å². The number of hydrogen-bond acceptors (Lipinski definition) is 3. The van der Waals surface area contributed by atoms with Gasteiger partial charge in [0.25, 0.3) is 0 Å². The molecule has 0 aliphatic rings. The molecule has 0 saturated carbocycles. The van der Waals surface area contributed by atoms with Gasteiger partial charge in [-0.3, -0.25) is 0 Å². The SMILES string of the molecule is C#CCN(C)c1sc(Cl)nc1Cl. The van der Waals surface area contributed by atoms with Crippen LogP contribution in [0.2, 0.25) is 9.62 Å². The second-order valence-electron chi connectivity index (χ2n) is 2.12. The first kappa shape index (κ1) is 9.66. The topological polar surface area (TPSA) is 16.1 Å². The van der Waals surface area contributed by atoms with Gasteiger partial charge in [-0.05, 0) is 0 Å². The normalized spacial score (nSPS) is 9.50. The fourth-order valence-corrected chi connectivity index (χ4v) is 2.10. The first-order chi connectivity index (χ1) is 5.65. The van der Waals surface area contributed by atoms with Crippen molar-refractivity contribution in [3.8, 4) is 12.3 Å². The maximum Gasteiger partial charge on any atom is 0.187 e. The molecule has 0 atom stereocenters. The third-order valence-electron chi connectivity index (χ3n) is 1.22. The molecule has 0 aliphatic heterocycles. The molecule has 0 spiro atoms. The van der Waals surface area contributed by atoms with Gasteiger partial charge in [0, 0.05) is 7.05 Å². The highest BCUT2D eigenvalue weighted by Gasteiger charge is 2.10. The van der Waals surface area contributed by atoms with Gasteiger partial charge in [-0.15, -0.1) is 6.42 Å². The quantitative estimate of drug-likeness (QED) is 0.713. The molecule has 64 valence electrons. The predicted octanol–water partition coefficient (Wildman–Crippen LogP) is 2.52. The summed E-state index contributed by atoms with van der Waals surface area (Å²) in [6, 6.07) is 0. The molecule has 1 aromatic heterocycles. The van der Waals surface area contributed by atoms with E-state index in [1.54, 1.807) is 0 Å². The fraction of sp³-hybridized carbons (Fsp3) is 0.286. The van der Waals surface area contributed by atoms with Crippen LogP contribution in [0.3, 0.4) is 0 Å². The summed E-state index contributed by atoms with van der Waals surface area (Å²) >= 11 is 12.7. The summed E-state index contributed by atoms with van der Waals surface area (Å²) in [6.07, 6.45) is 5.14. The van der Waals surface area contributed by atoms with Gasteiger partial charge in [-0.25, -0.2) is 4.98 Å². The van der Waals surface area contributed by atoms with E-state index in [9.17, 15) is 0 Å². The molecular weight excluding hydrogens is 215 g/mol. The van der Waals surface area contributed by atoms with E-state index in [-0.39, 0.29) is 0 Å². The first-order valence-corrected chi connectivity index (χ1v) is 4.69. The maximum atomic E-state index is 5.78. The number of nitrogens with zero attached hydrogens (tertiary/aromatic N) is 2. The van der Waals surface area contributed by atoms with E-state index in [1.165, 1.54) is 11.3 Å². The Labute approximate surface area is 85.1 Å². The number of terminal acetylenes is 1. The lowest BCUT2D eigenvalue weighted by atomic mass is 10.6. The predicted molar refractivity (Wildman–Crippen MR) is 54.2 cm³/mol. The Bertz CT molecular complexity index is 316. The number of halogens is 2. The first-order valence-electron chi connectivity index (χ1n) is 3.11. The van der Waals surface area contributed by atoms with Crippen LogP contribution < -0.4 is 4.90 Å². The third-order valence-corrected chi connectivity index (χ3v) is 2.87. The van der Waals surface area contributed by atoms with E-state index < -0.39 is 0 Å². The van der Waals surface area contributed by atoms with Gasteiger partial charge in [0.1, 0.15) is 5.00 Å². The summed E-state index contributed by atoms with van der Waals surface area (Å²) in [5, 5.41) is 1.21. The van der Waals surface area contributed by atoms with E-state index >= 15 is 0 Å². The lowest BCUT2D eigenvalue weighted by Crippen LogP contribution is -2.15. The van der Waals surface area contributed by atoms with E-state index in [4.69, 9.17) is 29.6 Å². The summed E-state index contributed by atoms with van der Waals surface area (Å²) in [5.41, 5.74) is 0. The molecule has 0 saturated heterocycles. The van der Waals surface area contributed by atoms with Gasteiger partial charge in [0.15, 0.2) is 9.62 Å². The molecule has 1 heterocycles. The molecular formula is C7H6Cl2N2S. The van der Waals surface area contributed by atoms with Crippen molar-refractivity contribution >= 4 is 39.5 Å². The van der Waals surface area contributed by atoms with Crippen LogP contribution in [0.15, 0.2) is 0 Å². The molecule has 0 N–H and O–H groups in total. The Balaban J connectivity index is 2.88. The van der Waals surface area contributed by atoms with Crippen LogP contribution in [-0.4, -0.2) is 18.6 Å². The van der Waals surface area contributed by atoms with Crippen LogP contribution >= 0.6 is 34.5 Å². The standard InChI is InChI=1S/C7H6Cl2N2S/c1-3-4-11(2)6-5(8)10-7(9)12-6/h1H,4H2,2H3. The highest BCUT2D eigenvalue weighted by atomic mass is 35.5. The molecule has 0 bridgehead atoms. The van der Waals surface area contributed by atoms with E-state index in [1.807, 2.05) is 11.9 Å². The van der Waals surface area contributed by atoms with Crippen LogP contribution in [0, 0.1) is 12.3 Å². The molecule has 12 heavy (non-hydrogen) atoms. The summed E-state index contributed by atoms with van der Waals surface area (Å²) in [5.74, 6) is 2.51. The number of rotatable bonds is 2. The van der Waals surface area contributed by atoms with Crippen molar-refractivity contribution in [2.24, 2.45) is 0 Å². The van der Waals surface area contributed by atoms with Crippen molar-refractivity contribution in [2.75, 3.05) is 18.5 Å². The van der Waals surface area contributed by atoms with Crippen LogP contribution in [0.5, 0.6) is 0 Å². The van der Waals surface area contributed by atoms with Crippen LogP contribution in [-0.2, 0) is 0 Å². The van der Waals surface area contributed by atoms with Crippen molar-refractivity contribution in [1.82, 2.24) is 4.98 Å². The number of thiazole rings is 1. The van der Waals surface area contributed by atoms with Gasteiger partial charge in [-0.1, -0.05) is 40.5 Å². The van der Waals surface area contributed by atoms with Gasteiger partial charge in [-0.2, -0.15) is 0 Å². The minimum Gasteiger partial charge on any atom is -0.353 e. The molecule has 0 aromatic carbocycles. The molecule has 0 amide bonds. The molecule has 1 rings (SSSR count). The Kier molecular flexibility index (Phi) is 3.21. The summed E-state index contributed by atoms with van der Waals surface area (Å²) in [7, 11) is 1.84. The van der Waals surface area contributed by atoms with E-state index in [2.05, 4.69) is 10.9 Å². The highest BCUT2D eigenvalue weighted by molar-refractivity contribution is 7.20. The Morgan fingerprint density at radius 1 is 1.67 bits per heavy atom. The minimum atomic E-state index is 0.405. The largest absolute Gasteiger partial charge is 0.353 e. The second-order valence-corrected chi connectivity index (χ2v) is 4.04. The van der Waals surface area contributed by atoms with Crippen molar-refractivity contribution < 1.29 is 0 Å². The summed E-state index contributed by atoms with van der Waals surface area (Å²) < 4.78 is 0.430. The Morgan fingerprint density at radius 3 is 2.75 bits per heavy atom.